The summed E-state index contributed by atoms with van der Waals surface area (Å²) in [4.78, 5) is 14.0. The number of carbonyl (C=O) groups excluding carboxylic acids is 1. The highest BCUT2D eigenvalue weighted by Crippen LogP contribution is 2.21. The van der Waals surface area contributed by atoms with Gasteiger partial charge in [-0.05, 0) is 50.1 Å². The fraction of sp³-hybridized carbons (Fsp3) is 0.533. The van der Waals surface area contributed by atoms with Crippen molar-refractivity contribution < 1.29 is 4.79 Å². The van der Waals surface area contributed by atoms with E-state index in [1.165, 1.54) is 24.9 Å². The van der Waals surface area contributed by atoms with E-state index in [-0.39, 0.29) is 5.91 Å². The van der Waals surface area contributed by atoms with Gasteiger partial charge < -0.3 is 15.5 Å². The molecule has 104 valence electrons. The maximum Gasteiger partial charge on any atom is 0.238 e. The van der Waals surface area contributed by atoms with Crippen molar-refractivity contribution in [3.05, 3.63) is 24.3 Å². The van der Waals surface area contributed by atoms with Crippen LogP contribution in [0.4, 0.5) is 11.4 Å². The molecule has 1 amide bonds. The summed E-state index contributed by atoms with van der Waals surface area (Å²) in [7, 11) is 0. The van der Waals surface area contributed by atoms with Gasteiger partial charge in [0.05, 0.1) is 6.54 Å². The van der Waals surface area contributed by atoms with Crippen molar-refractivity contribution in [1.82, 2.24) is 5.32 Å². The molecule has 19 heavy (non-hydrogen) atoms. The molecule has 2 N–H and O–H groups in total. The molecule has 0 radical (unpaired) electrons. The normalized spacial score (nSPS) is 15.3. The van der Waals surface area contributed by atoms with Crippen LogP contribution >= 0.6 is 0 Å². The number of nitrogens with one attached hydrogen (secondary N) is 2. The summed E-state index contributed by atoms with van der Waals surface area (Å²) >= 11 is 0. The molecule has 1 aromatic rings. The Balaban J connectivity index is 1.88. The Labute approximate surface area is 115 Å². The largest absolute Gasteiger partial charge is 0.372 e. The molecule has 0 atom stereocenters. The second kappa shape index (κ2) is 7.14. The number of benzene rings is 1. The number of hydrogen-bond acceptors (Lipinski definition) is 3. The minimum Gasteiger partial charge on any atom is -0.372 e. The van der Waals surface area contributed by atoms with Gasteiger partial charge in [0.15, 0.2) is 0 Å². The number of anilines is 2. The number of hydrogen-bond donors (Lipinski definition) is 2. The smallest absolute Gasteiger partial charge is 0.238 e. The van der Waals surface area contributed by atoms with E-state index in [0.29, 0.717) is 6.54 Å². The third kappa shape index (κ3) is 4.24. The van der Waals surface area contributed by atoms with E-state index in [4.69, 9.17) is 0 Å². The average molecular weight is 261 g/mol. The zero-order valence-corrected chi connectivity index (χ0v) is 11.6. The first-order valence-corrected chi connectivity index (χ1v) is 7.15. The SMILES string of the molecule is CCNCC(=O)Nc1ccc(N2CCCCC2)cc1. The van der Waals surface area contributed by atoms with Crippen LogP contribution in [0, 0.1) is 0 Å². The number of likely N-dealkylation sites (N-methyl/N-ethyl adjacent to an activating group) is 1. The van der Waals surface area contributed by atoms with Crippen molar-refractivity contribution in [1.29, 1.82) is 0 Å². The van der Waals surface area contributed by atoms with Crippen molar-refractivity contribution in [2.24, 2.45) is 0 Å². The van der Waals surface area contributed by atoms with E-state index in [1.807, 2.05) is 19.1 Å². The van der Waals surface area contributed by atoms with Crippen LogP contribution in [-0.2, 0) is 4.79 Å². The molecule has 0 saturated carbocycles. The van der Waals surface area contributed by atoms with E-state index in [2.05, 4.69) is 27.7 Å². The molecule has 1 aromatic carbocycles. The van der Waals surface area contributed by atoms with Crippen LogP contribution in [0.15, 0.2) is 24.3 Å². The Morgan fingerprint density at radius 1 is 1.16 bits per heavy atom. The van der Waals surface area contributed by atoms with Crippen molar-refractivity contribution in [2.75, 3.05) is 36.4 Å². The third-order valence-corrected chi connectivity index (χ3v) is 3.41. The molecule has 0 unspecified atom stereocenters. The lowest BCUT2D eigenvalue weighted by molar-refractivity contribution is -0.115. The second-order valence-corrected chi connectivity index (χ2v) is 4.92. The van der Waals surface area contributed by atoms with Gasteiger partial charge in [-0.2, -0.15) is 0 Å². The molecular formula is C15H23N3O. The number of piperidine rings is 1. The lowest BCUT2D eigenvalue weighted by Gasteiger charge is -2.28. The van der Waals surface area contributed by atoms with Crippen molar-refractivity contribution in [3.8, 4) is 0 Å². The monoisotopic (exact) mass is 261 g/mol. The highest BCUT2D eigenvalue weighted by Gasteiger charge is 2.10. The molecule has 4 heteroatoms. The van der Waals surface area contributed by atoms with Crippen LogP contribution in [0.2, 0.25) is 0 Å². The molecule has 0 aromatic heterocycles. The van der Waals surface area contributed by atoms with E-state index < -0.39 is 0 Å². The van der Waals surface area contributed by atoms with Gasteiger partial charge in [0.1, 0.15) is 0 Å². The van der Waals surface area contributed by atoms with Crippen LogP contribution in [-0.4, -0.2) is 32.1 Å². The van der Waals surface area contributed by atoms with Gasteiger partial charge in [-0.1, -0.05) is 6.92 Å². The first-order valence-electron chi connectivity index (χ1n) is 7.15. The van der Waals surface area contributed by atoms with Crippen LogP contribution in [0.5, 0.6) is 0 Å². The summed E-state index contributed by atoms with van der Waals surface area (Å²) in [6.07, 6.45) is 3.90. The maximum absolute atomic E-state index is 11.6. The topological polar surface area (TPSA) is 44.4 Å². The molecule has 1 saturated heterocycles. The van der Waals surface area contributed by atoms with E-state index in [9.17, 15) is 4.79 Å². The quantitative estimate of drug-likeness (QED) is 0.854. The van der Waals surface area contributed by atoms with Crippen LogP contribution in [0.1, 0.15) is 26.2 Å². The van der Waals surface area contributed by atoms with Gasteiger partial charge in [-0.3, -0.25) is 4.79 Å². The first-order chi connectivity index (χ1) is 9.29. The van der Waals surface area contributed by atoms with Gasteiger partial charge in [0.2, 0.25) is 5.91 Å². The standard InChI is InChI=1S/C15H23N3O/c1-2-16-12-15(19)17-13-6-8-14(9-7-13)18-10-4-3-5-11-18/h6-9,16H,2-5,10-12H2,1H3,(H,17,19). The molecule has 1 heterocycles. The predicted molar refractivity (Wildman–Crippen MR) is 79.7 cm³/mol. The Morgan fingerprint density at radius 3 is 2.47 bits per heavy atom. The van der Waals surface area contributed by atoms with Crippen molar-refractivity contribution in [2.45, 2.75) is 26.2 Å². The van der Waals surface area contributed by atoms with Gasteiger partial charge in [-0.25, -0.2) is 0 Å². The minimum atomic E-state index is 0.00701. The molecule has 4 nitrogen and oxygen atoms in total. The summed E-state index contributed by atoms with van der Waals surface area (Å²) in [6, 6.07) is 8.14. The van der Waals surface area contributed by atoms with E-state index in [1.54, 1.807) is 0 Å². The molecule has 1 fully saturated rings. The molecule has 0 spiro atoms. The second-order valence-electron chi connectivity index (χ2n) is 4.92. The third-order valence-electron chi connectivity index (χ3n) is 3.41. The minimum absolute atomic E-state index is 0.00701. The lowest BCUT2D eigenvalue weighted by Crippen LogP contribution is -2.29. The molecule has 0 aliphatic carbocycles. The van der Waals surface area contributed by atoms with Gasteiger partial charge >= 0.3 is 0 Å². The summed E-state index contributed by atoms with van der Waals surface area (Å²) in [5.41, 5.74) is 2.12. The summed E-state index contributed by atoms with van der Waals surface area (Å²) in [5, 5.41) is 5.90. The average Bonchev–Trinajstić information content (AvgIpc) is 2.47. The summed E-state index contributed by atoms with van der Waals surface area (Å²) < 4.78 is 0. The molecule has 0 bridgehead atoms. The van der Waals surface area contributed by atoms with Crippen LogP contribution in [0.25, 0.3) is 0 Å². The van der Waals surface area contributed by atoms with Gasteiger partial charge in [-0.15, -0.1) is 0 Å². The highest BCUT2D eigenvalue weighted by molar-refractivity contribution is 5.92. The summed E-state index contributed by atoms with van der Waals surface area (Å²) in [6.45, 7) is 5.45. The Bertz CT molecular complexity index is 396. The number of rotatable bonds is 5. The molecule has 1 aliphatic heterocycles. The molecular weight excluding hydrogens is 238 g/mol. The van der Waals surface area contributed by atoms with Crippen LogP contribution in [0.3, 0.4) is 0 Å². The Kier molecular flexibility index (Phi) is 5.21. The van der Waals surface area contributed by atoms with Gasteiger partial charge in [0, 0.05) is 24.5 Å². The molecule has 2 rings (SSSR count). The predicted octanol–water partition coefficient (Wildman–Crippen LogP) is 2.22. The maximum atomic E-state index is 11.6. The summed E-state index contributed by atoms with van der Waals surface area (Å²) in [5.74, 6) is 0.00701. The van der Waals surface area contributed by atoms with Crippen LogP contribution < -0.4 is 15.5 Å². The Morgan fingerprint density at radius 2 is 1.84 bits per heavy atom. The Hall–Kier alpha value is -1.55. The fourth-order valence-electron chi connectivity index (χ4n) is 2.35. The van der Waals surface area contributed by atoms with E-state index >= 15 is 0 Å². The zero-order chi connectivity index (χ0) is 13.5. The fourth-order valence-corrected chi connectivity index (χ4v) is 2.35. The lowest BCUT2D eigenvalue weighted by atomic mass is 10.1. The number of nitrogens with zero attached hydrogens (tertiary/aromatic N) is 1. The van der Waals surface area contributed by atoms with Crippen molar-refractivity contribution >= 4 is 17.3 Å². The first kappa shape index (κ1) is 13.9. The molecule has 1 aliphatic rings. The highest BCUT2D eigenvalue weighted by atomic mass is 16.1. The number of amides is 1. The van der Waals surface area contributed by atoms with Gasteiger partial charge in [0.25, 0.3) is 0 Å². The van der Waals surface area contributed by atoms with Crippen molar-refractivity contribution in [3.63, 3.8) is 0 Å². The number of carbonyl (C=O) groups is 1. The zero-order valence-electron chi connectivity index (χ0n) is 11.6. The van der Waals surface area contributed by atoms with E-state index in [0.717, 1.165) is 25.3 Å².